The quantitative estimate of drug-likeness (QED) is 0.447. The normalized spacial score (nSPS) is 12.2. The van der Waals surface area contributed by atoms with E-state index in [4.69, 9.17) is 23.2 Å². The lowest BCUT2D eigenvalue weighted by atomic mass is 10.0. The molecule has 30 heavy (non-hydrogen) atoms. The molecule has 3 rings (SSSR count). The Balaban J connectivity index is 1.74. The molecule has 1 amide bonds. The van der Waals surface area contributed by atoms with Gasteiger partial charge in [0.05, 0.1) is 16.1 Å². The number of carbonyl (C=O) groups excluding carboxylic acids is 1. The molecule has 0 radical (unpaired) electrons. The first-order valence-electron chi connectivity index (χ1n) is 9.59. The molecule has 0 bridgehead atoms. The van der Waals surface area contributed by atoms with Gasteiger partial charge in [0.1, 0.15) is 0 Å². The van der Waals surface area contributed by atoms with Gasteiger partial charge in [-0.3, -0.25) is 4.79 Å². The average molecular weight is 463 g/mol. The van der Waals surface area contributed by atoms with Crippen molar-refractivity contribution in [3.8, 4) is 0 Å². The van der Waals surface area contributed by atoms with Crippen LogP contribution in [0.2, 0.25) is 10.0 Å². The van der Waals surface area contributed by atoms with Crippen molar-refractivity contribution < 1.29 is 4.79 Å². The van der Waals surface area contributed by atoms with Crippen molar-refractivity contribution in [2.24, 2.45) is 13.0 Å². The number of nitrogens with zero attached hydrogens (tertiary/aromatic N) is 3. The molecule has 2 aromatic carbocycles. The zero-order valence-corrected chi connectivity index (χ0v) is 19.6. The van der Waals surface area contributed by atoms with Gasteiger partial charge < -0.3 is 9.88 Å². The number of amides is 1. The van der Waals surface area contributed by atoms with Crippen molar-refractivity contribution in [2.75, 3.05) is 0 Å². The topological polar surface area (TPSA) is 59.8 Å². The van der Waals surface area contributed by atoms with Crippen LogP contribution in [0.5, 0.6) is 0 Å². The number of rotatable bonds is 7. The summed E-state index contributed by atoms with van der Waals surface area (Å²) in [5.74, 6) is 1.43. The van der Waals surface area contributed by atoms with Crippen molar-refractivity contribution in [3.05, 3.63) is 75.0 Å². The van der Waals surface area contributed by atoms with Crippen LogP contribution in [0, 0.1) is 12.8 Å². The van der Waals surface area contributed by atoms with E-state index in [9.17, 15) is 4.79 Å². The summed E-state index contributed by atoms with van der Waals surface area (Å²) in [5, 5.41) is 13.7. The number of carbonyl (C=O) groups is 1. The number of thioether (sulfide) groups is 1. The van der Waals surface area contributed by atoms with E-state index in [1.165, 1.54) is 0 Å². The highest BCUT2D eigenvalue weighted by molar-refractivity contribution is 7.98. The predicted molar refractivity (Wildman–Crippen MR) is 123 cm³/mol. The van der Waals surface area contributed by atoms with Crippen molar-refractivity contribution in [2.45, 2.75) is 37.7 Å². The number of hydrogen-bond donors (Lipinski definition) is 1. The van der Waals surface area contributed by atoms with E-state index in [1.807, 2.05) is 54.9 Å². The summed E-state index contributed by atoms with van der Waals surface area (Å²) in [7, 11) is 1.92. The van der Waals surface area contributed by atoms with Crippen molar-refractivity contribution in [1.29, 1.82) is 0 Å². The van der Waals surface area contributed by atoms with Gasteiger partial charge in [-0.2, -0.15) is 0 Å². The average Bonchev–Trinajstić information content (AvgIpc) is 3.07. The Kier molecular flexibility index (Phi) is 7.45. The van der Waals surface area contributed by atoms with Crippen LogP contribution in [0.15, 0.2) is 47.6 Å². The van der Waals surface area contributed by atoms with Crippen LogP contribution in [0.25, 0.3) is 0 Å². The third kappa shape index (κ3) is 5.36. The first kappa shape index (κ1) is 22.7. The SMILES string of the molecule is Cc1ccc(C(=O)NC(c2nnc(SCc3ccc(Cl)c(Cl)c3)n2C)C(C)C)cc1. The molecule has 0 aliphatic heterocycles. The molecule has 1 aromatic heterocycles. The van der Waals surface area contributed by atoms with Crippen LogP contribution < -0.4 is 5.32 Å². The third-order valence-electron chi connectivity index (χ3n) is 4.77. The van der Waals surface area contributed by atoms with Gasteiger partial charge >= 0.3 is 0 Å². The zero-order chi connectivity index (χ0) is 21.8. The van der Waals surface area contributed by atoms with Crippen LogP contribution in [0.3, 0.4) is 0 Å². The monoisotopic (exact) mass is 462 g/mol. The molecule has 8 heteroatoms. The first-order valence-corrected chi connectivity index (χ1v) is 11.3. The van der Waals surface area contributed by atoms with Crippen LogP contribution >= 0.6 is 35.0 Å². The van der Waals surface area contributed by atoms with Crippen LogP contribution in [0.4, 0.5) is 0 Å². The summed E-state index contributed by atoms with van der Waals surface area (Å²) in [6.45, 7) is 6.10. The molecule has 0 saturated carbocycles. The second-order valence-corrected chi connectivity index (χ2v) is 9.26. The summed E-state index contributed by atoms with van der Waals surface area (Å²) in [4.78, 5) is 12.7. The maximum atomic E-state index is 12.7. The van der Waals surface area contributed by atoms with Gasteiger partial charge in [0, 0.05) is 18.4 Å². The molecule has 5 nitrogen and oxygen atoms in total. The lowest BCUT2D eigenvalue weighted by Crippen LogP contribution is -2.33. The van der Waals surface area contributed by atoms with Crippen molar-refractivity contribution >= 4 is 40.9 Å². The Bertz CT molecular complexity index is 1030. The van der Waals surface area contributed by atoms with Gasteiger partial charge in [-0.15, -0.1) is 10.2 Å². The molecule has 1 unspecified atom stereocenters. The molecule has 3 aromatic rings. The largest absolute Gasteiger partial charge is 0.342 e. The minimum atomic E-state index is -0.254. The highest BCUT2D eigenvalue weighted by Crippen LogP contribution is 2.29. The number of hydrogen-bond acceptors (Lipinski definition) is 4. The standard InChI is InChI=1S/C22H24Cl2N4OS/c1-13(2)19(25-21(29)16-8-5-14(3)6-9-16)20-26-27-22(28(20)4)30-12-15-7-10-17(23)18(24)11-15/h5-11,13,19H,12H2,1-4H3,(H,25,29). The van der Waals surface area contributed by atoms with E-state index in [1.54, 1.807) is 17.8 Å². The summed E-state index contributed by atoms with van der Waals surface area (Å²) in [6.07, 6.45) is 0. The Morgan fingerprint density at radius 1 is 1.10 bits per heavy atom. The fourth-order valence-corrected chi connectivity index (χ4v) is 4.14. The second-order valence-electron chi connectivity index (χ2n) is 7.50. The number of aromatic nitrogens is 3. The molecule has 0 aliphatic rings. The molecule has 0 aliphatic carbocycles. The van der Waals surface area contributed by atoms with E-state index in [0.717, 1.165) is 22.1 Å². The highest BCUT2D eigenvalue weighted by atomic mass is 35.5. The molecule has 1 atom stereocenters. The van der Waals surface area contributed by atoms with E-state index in [-0.39, 0.29) is 17.9 Å². The van der Waals surface area contributed by atoms with E-state index in [0.29, 0.717) is 21.4 Å². The lowest BCUT2D eigenvalue weighted by molar-refractivity contribution is 0.0922. The minimum absolute atomic E-state index is 0.123. The minimum Gasteiger partial charge on any atom is -0.342 e. The van der Waals surface area contributed by atoms with Crippen LogP contribution in [0.1, 0.15) is 47.2 Å². The van der Waals surface area contributed by atoms with Crippen molar-refractivity contribution in [1.82, 2.24) is 20.1 Å². The maximum Gasteiger partial charge on any atom is 0.251 e. The van der Waals surface area contributed by atoms with Crippen molar-refractivity contribution in [3.63, 3.8) is 0 Å². The van der Waals surface area contributed by atoms with Gasteiger partial charge in [-0.25, -0.2) is 0 Å². The molecule has 0 spiro atoms. The Morgan fingerprint density at radius 3 is 2.43 bits per heavy atom. The fraction of sp³-hybridized carbons (Fsp3) is 0.318. The smallest absolute Gasteiger partial charge is 0.251 e. The molecule has 1 heterocycles. The number of aryl methyl sites for hydroxylation is 1. The molecule has 0 fully saturated rings. The van der Waals surface area contributed by atoms with Gasteiger partial charge in [0.25, 0.3) is 5.91 Å². The van der Waals surface area contributed by atoms with E-state index >= 15 is 0 Å². The first-order chi connectivity index (χ1) is 14.3. The Hall–Kier alpha value is -2.02. The van der Waals surface area contributed by atoms with Crippen LogP contribution in [-0.2, 0) is 12.8 Å². The summed E-state index contributed by atoms with van der Waals surface area (Å²) in [6, 6.07) is 12.9. The molecule has 1 N–H and O–H groups in total. The molecule has 158 valence electrons. The van der Waals surface area contributed by atoms with E-state index in [2.05, 4.69) is 29.4 Å². The number of halogens is 2. The Labute approximate surface area is 191 Å². The van der Waals surface area contributed by atoms with Crippen LogP contribution in [-0.4, -0.2) is 20.7 Å². The van der Waals surface area contributed by atoms with E-state index < -0.39 is 0 Å². The molecular weight excluding hydrogens is 439 g/mol. The summed E-state index contributed by atoms with van der Waals surface area (Å²) in [5.41, 5.74) is 2.79. The summed E-state index contributed by atoms with van der Waals surface area (Å²) < 4.78 is 1.93. The fourth-order valence-electron chi connectivity index (χ4n) is 2.96. The van der Waals surface area contributed by atoms with Gasteiger partial charge in [0.15, 0.2) is 11.0 Å². The maximum absolute atomic E-state index is 12.7. The number of benzene rings is 2. The predicted octanol–water partition coefficient (Wildman–Crippen LogP) is 5.85. The van der Waals surface area contributed by atoms with Gasteiger partial charge in [-0.05, 0) is 42.7 Å². The molecular formula is C22H24Cl2N4OS. The zero-order valence-electron chi connectivity index (χ0n) is 17.3. The van der Waals surface area contributed by atoms with Gasteiger partial charge in [-0.1, -0.05) is 72.6 Å². The highest BCUT2D eigenvalue weighted by Gasteiger charge is 2.25. The Morgan fingerprint density at radius 2 is 1.80 bits per heavy atom. The lowest BCUT2D eigenvalue weighted by Gasteiger charge is -2.21. The van der Waals surface area contributed by atoms with Gasteiger partial charge in [0.2, 0.25) is 0 Å². The second kappa shape index (κ2) is 9.86. The number of nitrogens with one attached hydrogen (secondary N) is 1. The third-order valence-corrected chi connectivity index (χ3v) is 6.60. The molecule has 0 saturated heterocycles. The summed E-state index contributed by atoms with van der Waals surface area (Å²) >= 11 is 13.6.